The molecular weight excluding hydrogens is 356 g/mol. The third-order valence-electron chi connectivity index (χ3n) is 4.18. The highest BCUT2D eigenvalue weighted by molar-refractivity contribution is 6.32. The molecule has 7 heteroatoms. The first-order chi connectivity index (χ1) is 12.5. The molecule has 6 nitrogen and oxygen atoms in total. The lowest BCUT2D eigenvalue weighted by Crippen LogP contribution is -2.12. The van der Waals surface area contributed by atoms with Gasteiger partial charge in [0.1, 0.15) is 0 Å². The van der Waals surface area contributed by atoms with Crippen molar-refractivity contribution in [3.05, 3.63) is 68.2 Å². The van der Waals surface area contributed by atoms with E-state index in [2.05, 4.69) is 4.99 Å². The van der Waals surface area contributed by atoms with Crippen molar-refractivity contribution in [1.29, 1.82) is 0 Å². The van der Waals surface area contributed by atoms with Crippen molar-refractivity contribution in [2.24, 2.45) is 4.99 Å². The molecule has 3 rings (SSSR count). The maximum atomic E-state index is 11.0. The summed E-state index contributed by atoms with van der Waals surface area (Å²) in [4.78, 5) is 15.1. The van der Waals surface area contributed by atoms with E-state index >= 15 is 0 Å². The summed E-state index contributed by atoms with van der Waals surface area (Å²) in [5.74, 6) is 1.39. The quantitative estimate of drug-likeness (QED) is 0.578. The molecule has 0 N–H and O–H groups in total. The van der Waals surface area contributed by atoms with E-state index in [4.69, 9.17) is 21.1 Å². The normalized spacial score (nSPS) is 13.3. The lowest BCUT2D eigenvalue weighted by Gasteiger charge is -2.20. The van der Waals surface area contributed by atoms with Crippen LogP contribution in [0.1, 0.15) is 16.7 Å². The molecule has 2 aromatic carbocycles. The fourth-order valence-corrected chi connectivity index (χ4v) is 3.12. The van der Waals surface area contributed by atoms with E-state index in [9.17, 15) is 10.1 Å². The van der Waals surface area contributed by atoms with Crippen LogP contribution in [0.4, 0.5) is 5.69 Å². The number of hydrogen-bond donors (Lipinski definition) is 0. The summed E-state index contributed by atoms with van der Waals surface area (Å²) in [6, 6.07) is 8.12. The Balaban J connectivity index is 1.98. The number of nitrogens with zero attached hydrogens (tertiary/aromatic N) is 2. The van der Waals surface area contributed by atoms with E-state index in [1.807, 2.05) is 18.2 Å². The van der Waals surface area contributed by atoms with Gasteiger partial charge in [-0.15, -0.1) is 0 Å². The van der Waals surface area contributed by atoms with Crippen molar-refractivity contribution in [1.82, 2.24) is 0 Å². The lowest BCUT2D eigenvalue weighted by atomic mass is 9.95. The molecule has 1 aliphatic rings. The van der Waals surface area contributed by atoms with Gasteiger partial charge < -0.3 is 9.47 Å². The zero-order valence-corrected chi connectivity index (χ0v) is 15.1. The third-order valence-corrected chi connectivity index (χ3v) is 4.52. The van der Waals surface area contributed by atoms with Gasteiger partial charge in [-0.2, -0.15) is 0 Å². The predicted octanol–water partition coefficient (Wildman–Crippen LogP) is 4.32. The molecule has 0 saturated carbocycles. The molecule has 1 heterocycles. The fraction of sp³-hybridized carbons (Fsp3) is 0.211. The first-order valence-electron chi connectivity index (χ1n) is 7.96. The Morgan fingerprint density at radius 1 is 1.19 bits per heavy atom. The summed E-state index contributed by atoms with van der Waals surface area (Å²) in [5, 5.41) is 11.4. The van der Waals surface area contributed by atoms with Crippen molar-refractivity contribution in [2.75, 3.05) is 20.8 Å². The maximum Gasteiger partial charge on any atom is 0.270 e. The molecule has 26 heavy (non-hydrogen) atoms. The van der Waals surface area contributed by atoms with Crippen molar-refractivity contribution in [3.63, 3.8) is 0 Å². The van der Waals surface area contributed by atoms with Gasteiger partial charge in [-0.1, -0.05) is 17.7 Å². The number of methoxy groups -OCH3 is 2. The van der Waals surface area contributed by atoms with Gasteiger partial charge in [0.25, 0.3) is 5.69 Å². The zero-order chi connectivity index (χ0) is 18.7. The Bertz CT molecular complexity index is 922. The van der Waals surface area contributed by atoms with Crippen LogP contribution < -0.4 is 9.47 Å². The summed E-state index contributed by atoms with van der Waals surface area (Å²) < 4.78 is 10.9. The Labute approximate surface area is 155 Å². The van der Waals surface area contributed by atoms with Gasteiger partial charge in [0.05, 0.1) is 24.9 Å². The van der Waals surface area contributed by atoms with Crippen LogP contribution in [-0.2, 0) is 6.42 Å². The number of allylic oxidation sites excluding steroid dienone is 1. The first kappa shape index (κ1) is 17.9. The van der Waals surface area contributed by atoms with Crippen LogP contribution in [0.3, 0.4) is 0 Å². The molecule has 0 amide bonds. The Kier molecular flexibility index (Phi) is 5.23. The van der Waals surface area contributed by atoms with Crippen LogP contribution in [0.15, 0.2) is 41.4 Å². The second kappa shape index (κ2) is 7.58. The molecule has 2 aromatic rings. The zero-order valence-electron chi connectivity index (χ0n) is 14.4. The molecule has 0 radical (unpaired) electrons. The smallest absolute Gasteiger partial charge is 0.270 e. The van der Waals surface area contributed by atoms with Crippen molar-refractivity contribution in [3.8, 4) is 11.5 Å². The Morgan fingerprint density at radius 3 is 2.69 bits per heavy atom. The lowest BCUT2D eigenvalue weighted by molar-refractivity contribution is -0.384. The summed E-state index contributed by atoms with van der Waals surface area (Å²) in [7, 11) is 3.22. The molecule has 0 saturated heterocycles. The molecule has 0 unspecified atom stereocenters. The second-order valence-electron chi connectivity index (χ2n) is 5.64. The summed E-state index contributed by atoms with van der Waals surface area (Å²) in [6.45, 7) is 0.624. The average molecular weight is 373 g/mol. The molecule has 0 bridgehead atoms. The minimum Gasteiger partial charge on any atom is -0.493 e. The largest absolute Gasteiger partial charge is 0.493 e. The number of halogens is 1. The molecule has 0 fully saturated rings. The van der Waals surface area contributed by atoms with Gasteiger partial charge in [0.15, 0.2) is 11.5 Å². The summed E-state index contributed by atoms with van der Waals surface area (Å²) in [5.41, 5.74) is 3.32. The first-order valence-corrected chi connectivity index (χ1v) is 8.33. The highest BCUT2D eigenvalue weighted by atomic mass is 35.5. The van der Waals surface area contributed by atoms with Gasteiger partial charge >= 0.3 is 0 Å². The number of ether oxygens (including phenoxy) is 2. The molecule has 0 aliphatic carbocycles. The van der Waals surface area contributed by atoms with Gasteiger partial charge in [0.2, 0.25) is 0 Å². The molecule has 1 aliphatic heterocycles. The number of aliphatic imine (C=N–C) groups is 1. The number of fused-ring (bicyclic) bond motifs is 1. The van der Waals surface area contributed by atoms with E-state index in [0.717, 1.165) is 23.3 Å². The average Bonchev–Trinajstić information content (AvgIpc) is 2.65. The van der Waals surface area contributed by atoms with Crippen LogP contribution in [0, 0.1) is 10.1 Å². The molecule has 0 atom stereocenters. The fourth-order valence-electron chi connectivity index (χ4n) is 2.94. The van der Waals surface area contributed by atoms with Crippen LogP contribution >= 0.6 is 11.6 Å². The monoisotopic (exact) mass is 372 g/mol. The second-order valence-corrected chi connectivity index (χ2v) is 6.05. The van der Waals surface area contributed by atoms with Gasteiger partial charge in [-0.3, -0.25) is 15.1 Å². The summed E-state index contributed by atoms with van der Waals surface area (Å²) in [6.07, 6.45) is 4.30. The van der Waals surface area contributed by atoms with Crippen LogP contribution in [0.2, 0.25) is 5.02 Å². The minimum absolute atomic E-state index is 0.00793. The number of nitro benzene ring substituents is 1. The SMILES string of the molecule is COc1ccc2c(c1OC)CCN=C2/C=C\c1cc([N+](=O)[O-])ccc1Cl. The van der Waals surface area contributed by atoms with Gasteiger partial charge in [-0.05, 0) is 36.3 Å². The Morgan fingerprint density at radius 2 is 2.00 bits per heavy atom. The number of benzene rings is 2. The number of nitro groups is 1. The highest BCUT2D eigenvalue weighted by Crippen LogP contribution is 2.36. The van der Waals surface area contributed by atoms with E-state index < -0.39 is 4.92 Å². The van der Waals surface area contributed by atoms with E-state index in [1.54, 1.807) is 20.3 Å². The number of non-ortho nitro benzene ring substituents is 1. The predicted molar refractivity (Wildman–Crippen MR) is 102 cm³/mol. The maximum absolute atomic E-state index is 11.0. The van der Waals surface area contributed by atoms with Crippen LogP contribution in [-0.4, -0.2) is 31.4 Å². The molecular formula is C19H17ClN2O4. The molecule has 0 aromatic heterocycles. The number of rotatable bonds is 5. The highest BCUT2D eigenvalue weighted by Gasteiger charge is 2.20. The molecule has 0 spiro atoms. The summed E-state index contributed by atoms with van der Waals surface area (Å²) >= 11 is 6.16. The van der Waals surface area contributed by atoms with Crippen LogP contribution in [0.25, 0.3) is 6.08 Å². The van der Waals surface area contributed by atoms with Crippen molar-refractivity contribution >= 4 is 29.1 Å². The third kappa shape index (κ3) is 3.41. The van der Waals surface area contributed by atoms with Gasteiger partial charge in [-0.25, -0.2) is 0 Å². The van der Waals surface area contributed by atoms with Gasteiger partial charge in [0, 0.05) is 34.8 Å². The van der Waals surface area contributed by atoms with E-state index in [1.165, 1.54) is 18.2 Å². The van der Waals surface area contributed by atoms with E-state index in [0.29, 0.717) is 28.6 Å². The minimum atomic E-state index is -0.446. The van der Waals surface area contributed by atoms with Crippen molar-refractivity contribution in [2.45, 2.75) is 6.42 Å². The molecule has 134 valence electrons. The topological polar surface area (TPSA) is 74.0 Å². The number of hydrogen-bond acceptors (Lipinski definition) is 5. The Hall–Kier alpha value is -2.86. The van der Waals surface area contributed by atoms with Crippen LogP contribution in [0.5, 0.6) is 11.5 Å². The standard InChI is InChI=1S/C19H17ClN2O4/c1-25-18-8-5-14-15(19(18)26-2)9-10-21-17(14)7-3-12-11-13(22(23)24)4-6-16(12)20/h3-8,11H,9-10H2,1-2H3/b7-3-. The van der Waals surface area contributed by atoms with Crippen molar-refractivity contribution < 1.29 is 14.4 Å². The van der Waals surface area contributed by atoms with E-state index in [-0.39, 0.29) is 5.69 Å².